The number of nitrogens with one attached hydrogen (secondary N) is 2. The third kappa shape index (κ3) is 5.28. The number of carbonyl (C=O) groups is 2. The molecule has 2 aromatic carbocycles. The molecule has 5 heteroatoms. The molecular formula is C19H20N2O3. The first-order valence-electron chi connectivity index (χ1n) is 7.53. The van der Waals surface area contributed by atoms with Crippen molar-refractivity contribution in [2.45, 2.75) is 13.5 Å². The van der Waals surface area contributed by atoms with Crippen molar-refractivity contribution in [1.82, 2.24) is 10.6 Å². The van der Waals surface area contributed by atoms with Gasteiger partial charge in [-0.2, -0.15) is 0 Å². The van der Waals surface area contributed by atoms with Crippen molar-refractivity contribution in [3.63, 3.8) is 0 Å². The quantitative estimate of drug-likeness (QED) is 0.830. The molecule has 24 heavy (non-hydrogen) atoms. The lowest BCUT2D eigenvalue weighted by molar-refractivity contribution is 0.0600. The van der Waals surface area contributed by atoms with Gasteiger partial charge in [0.15, 0.2) is 0 Å². The van der Waals surface area contributed by atoms with Crippen LogP contribution in [0.5, 0.6) is 0 Å². The summed E-state index contributed by atoms with van der Waals surface area (Å²) in [7, 11) is 1.34. The molecule has 0 aromatic heterocycles. The molecular weight excluding hydrogens is 304 g/mol. The number of benzene rings is 2. The van der Waals surface area contributed by atoms with Gasteiger partial charge in [-0.05, 0) is 36.3 Å². The Morgan fingerprint density at radius 2 is 1.71 bits per heavy atom. The van der Waals surface area contributed by atoms with Crippen molar-refractivity contribution < 1.29 is 14.3 Å². The molecule has 2 amide bonds. The van der Waals surface area contributed by atoms with Crippen LogP contribution in [0.3, 0.4) is 0 Å². The molecule has 0 aliphatic heterocycles. The number of aryl methyl sites for hydroxylation is 1. The van der Waals surface area contributed by atoms with E-state index in [1.165, 1.54) is 12.7 Å². The molecule has 2 N–H and O–H groups in total. The van der Waals surface area contributed by atoms with E-state index < -0.39 is 0 Å². The Morgan fingerprint density at radius 1 is 1.04 bits per heavy atom. The van der Waals surface area contributed by atoms with Crippen LogP contribution in [-0.4, -0.2) is 19.1 Å². The third-order valence-electron chi connectivity index (χ3n) is 3.40. The van der Waals surface area contributed by atoms with Crippen molar-refractivity contribution in [3.05, 3.63) is 77.0 Å². The second kappa shape index (κ2) is 8.53. The van der Waals surface area contributed by atoms with E-state index in [-0.39, 0.29) is 12.0 Å². The first kappa shape index (κ1) is 17.3. The van der Waals surface area contributed by atoms with Crippen molar-refractivity contribution >= 4 is 18.1 Å². The van der Waals surface area contributed by atoms with Crippen LogP contribution in [0.25, 0.3) is 6.08 Å². The highest BCUT2D eigenvalue weighted by molar-refractivity contribution is 5.89. The van der Waals surface area contributed by atoms with E-state index in [4.69, 9.17) is 0 Å². The molecule has 0 saturated heterocycles. The molecule has 0 aliphatic rings. The molecule has 5 nitrogen and oxygen atoms in total. The molecule has 0 unspecified atom stereocenters. The third-order valence-corrected chi connectivity index (χ3v) is 3.40. The summed E-state index contributed by atoms with van der Waals surface area (Å²) in [6.07, 6.45) is 3.42. The van der Waals surface area contributed by atoms with Gasteiger partial charge in [-0.25, -0.2) is 9.59 Å². The molecule has 0 aliphatic carbocycles. The summed E-state index contributed by atoms with van der Waals surface area (Å²) < 4.78 is 4.64. The van der Waals surface area contributed by atoms with E-state index in [0.29, 0.717) is 12.1 Å². The fourth-order valence-electron chi connectivity index (χ4n) is 2.00. The smallest absolute Gasteiger partial charge is 0.337 e. The van der Waals surface area contributed by atoms with E-state index in [9.17, 15) is 9.59 Å². The van der Waals surface area contributed by atoms with E-state index in [0.717, 1.165) is 11.1 Å². The van der Waals surface area contributed by atoms with Gasteiger partial charge < -0.3 is 15.4 Å². The Labute approximate surface area is 141 Å². The van der Waals surface area contributed by atoms with Crippen LogP contribution >= 0.6 is 0 Å². The number of amides is 2. The highest BCUT2D eigenvalue weighted by Gasteiger charge is 2.04. The topological polar surface area (TPSA) is 67.4 Å². The van der Waals surface area contributed by atoms with Crippen LogP contribution in [0.15, 0.2) is 54.7 Å². The summed E-state index contributed by atoms with van der Waals surface area (Å²) in [5.41, 5.74) is 3.57. The van der Waals surface area contributed by atoms with Crippen molar-refractivity contribution in [2.24, 2.45) is 0 Å². The molecule has 0 heterocycles. The molecule has 0 radical (unpaired) electrons. The van der Waals surface area contributed by atoms with Gasteiger partial charge in [0, 0.05) is 12.7 Å². The van der Waals surface area contributed by atoms with E-state index >= 15 is 0 Å². The van der Waals surface area contributed by atoms with Crippen molar-refractivity contribution in [1.29, 1.82) is 0 Å². The van der Waals surface area contributed by atoms with Crippen LogP contribution in [0.4, 0.5) is 4.79 Å². The predicted molar refractivity (Wildman–Crippen MR) is 93.4 cm³/mol. The zero-order valence-corrected chi connectivity index (χ0v) is 13.7. The maximum atomic E-state index is 11.7. The lowest BCUT2D eigenvalue weighted by Gasteiger charge is -2.06. The van der Waals surface area contributed by atoms with Gasteiger partial charge in [0.2, 0.25) is 0 Å². The number of hydrogen-bond acceptors (Lipinski definition) is 3. The second-order valence-electron chi connectivity index (χ2n) is 5.26. The van der Waals surface area contributed by atoms with Crippen LogP contribution in [0.1, 0.15) is 27.0 Å². The van der Waals surface area contributed by atoms with Crippen LogP contribution in [0.2, 0.25) is 0 Å². The molecule has 124 valence electrons. The maximum Gasteiger partial charge on any atom is 0.337 e. The van der Waals surface area contributed by atoms with Crippen LogP contribution < -0.4 is 10.6 Å². The number of rotatable bonds is 5. The number of ether oxygens (including phenoxy) is 1. The largest absolute Gasteiger partial charge is 0.465 e. The Bertz CT molecular complexity index is 719. The number of urea groups is 1. The van der Waals surface area contributed by atoms with Gasteiger partial charge in [-0.1, -0.05) is 42.0 Å². The zero-order valence-electron chi connectivity index (χ0n) is 13.7. The Morgan fingerprint density at radius 3 is 2.33 bits per heavy atom. The summed E-state index contributed by atoms with van der Waals surface area (Å²) in [6.45, 7) is 2.39. The lowest BCUT2D eigenvalue weighted by atomic mass is 10.1. The first-order valence-corrected chi connectivity index (χ1v) is 7.53. The number of carbonyl (C=O) groups excluding carboxylic acids is 2. The standard InChI is InChI=1S/C19H20N2O3/c1-14-3-5-15(6-4-14)11-12-20-19(23)21-13-16-7-9-17(10-8-16)18(22)24-2/h3-12H,13H2,1-2H3,(H2,20,21,23)/b12-11+. The van der Waals surface area contributed by atoms with Gasteiger partial charge >= 0.3 is 12.0 Å². The maximum absolute atomic E-state index is 11.7. The second-order valence-corrected chi connectivity index (χ2v) is 5.26. The van der Waals surface area contributed by atoms with E-state index in [1.807, 2.05) is 37.3 Å². The van der Waals surface area contributed by atoms with Gasteiger partial charge in [-0.3, -0.25) is 0 Å². The van der Waals surface area contributed by atoms with Gasteiger partial charge in [0.05, 0.1) is 12.7 Å². The summed E-state index contributed by atoms with van der Waals surface area (Å²) in [5.74, 6) is -0.381. The minimum Gasteiger partial charge on any atom is -0.465 e. The molecule has 0 bridgehead atoms. The Balaban J connectivity index is 1.78. The number of methoxy groups -OCH3 is 1. The highest BCUT2D eigenvalue weighted by atomic mass is 16.5. The van der Waals surface area contributed by atoms with Crippen LogP contribution in [-0.2, 0) is 11.3 Å². The lowest BCUT2D eigenvalue weighted by Crippen LogP contribution is -2.31. The van der Waals surface area contributed by atoms with Crippen molar-refractivity contribution in [2.75, 3.05) is 7.11 Å². The molecule has 2 aromatic rings. The van der Waals surface area contributed by atoms with Gasteiger partial charge in [0.25, 0.3) is 0 Å². The Hall–Kier alpha value is -3.08. The molecule has 2 rings (SSSR count). The normalized spacial score (nSPS) is 10.4. The predicted octanol–water partition coefficient (Wildman–Crippen LogP) is 3.25. The first-order chi connectivity index (χ1) is 11.6. The van der Waals surface area contributed by atoms with E-state index in [2.05, 4.69) is 15.4 Å². The summed E-state index contributed by atoms with van der Waals surface area (Å²) >= 11 is 0. The van der Waals surface area contributed by atoms with Gasteiger partial charge in [0.1, 0.15) is 0 Å². The van der Waals surface area contributed by atoms with Gasteiger partial charge in [-0.15, -0.1) is 0 Å². The zero-order chi connectivity index (χ0) is 17.4. The summed E-state index contributed by atoms with van der Waals surface area (Å²) in [6, 6.07) is 14.6. The monoisotopic (exact) mass is 324 g/mol. The summed E-state index contributed by atoms with van der Waals surface area (Å²) in [4.78, 5) is 23.1. The SMILES string of the molecule is COC(=O)c1ccc(CNC(=O)N/C=C/c2ccc(C)cc2)cc1. The summed E-state index contributed by atoms with van der Waals surface area (Å²) in [5, 5.41) is 5.39. The van der Waals surface area contributed by atoms with E-state index in [1.54, 1.807) is 30.5 Å². The molecule has 0 spiro atoms. The van der Waals surface area contributed by atoms with Crippen LogP contribution in [0, 0.1) is 6.92 Å². The fourth-order valence-corrected chi connectivity index (χ4v) is 2.00. The molecule has 0 saturated carbocycles. The number of esters is 1. The minimum absolute atomic E-state index is 0.296. The molecule has 0 atom stereocenters. The minimum atomic E-state index is -0.381. The average molecular weight is 324 g/mol. The average Bonchev–Trinajstić information content (AvgIpc) is 2.61. The van der Waals surface area contributed by atoms with Crippen molar-refractivity contribution in [3.8, 4) is 0 Å². The number of hydrogen-bond donors (Lipinski definition) is 2. The molecule has 0 fully saturated rings. The Kier molecular flexibility index (Phi) is 6.14. The highest BCUT2D eigenvalue weighted by Crippen LogP contribution is 2.06. The fraction of sp³-hybridized carbons (Fsp3) is 0.158.